The van der Waals surface area contributed by atoms with Gasteiger partial charge in [0.05, 0.1) is 19.3 Å². The highest BCUT2D eigenvalue weighted by molar-refractivity contribution is 6.30. The van der Waals surface area contributed by atoms with Gasteiger partial charge in [-0.25, -0.2) is 0 Å². The van der Waals surface area contributed by atoms with Crippen LogP contribution in [0.5, 0.6) is 5.75 Å². The van der Waals surface area contributed by atoms with Gasteiger partial charge in [0.1, 0.15) is 17.0 Å². The Kier molecular flexibility index (Phi) is 5.45. The summed E-state index contributed by atoms with van der Waals surface area (Å²) in [5.41, 5.74) is 1.53. The number of benzene rings is 2. The van der Waals surface area contributed by atoms with E-state index in [0.717, 1.165) is 11.3 Å². The maximum atomic E-state index is 13.5. The molecule has 0 saturated heterocycles. The van der Waals surface area contributed by atoms with Gasteiger partial charge in [0.25, 0.3) is 5.91 Å². The fraction of sp³-hybridized carbons (Fsp3) is 0.261. The maximum absolute atomic E-state index is 13.5. The molecule has 1 aliphatic rings. The first kappa shape index (κ1) is 20.9. The molecule has 0 spiro atoms. The number of carbonyl (C=O) groups excluding carboxylic acids is 2. The fourth-order valence-corrected chi connectivity index (χ4v) is 3.95. The first-order valence-electron chi connectivity index (χ1n) is 9.87. The zero-order valence-corrected chi connectivity index (χ0v) is 18.3. The Morgan fingerprint density at radius 3 is 2.52 bits per heavy atom. The number of methoxy groups -OCH3 is 1. The summed E-state index contributed by atoms with van der Waals surface area (Å²) in [5.74, 6) is 0.120. The summed E-state index contributed by atoms with van der Waals surface area (Å²) >= 11 is 5.94. The number of nitrogens with zero attached hydrogens (tertiary/aromatic N) is 3. The number of hydrogen-bond acceptors (Lipinski definition) is 4. The van der Waals surface area contributed by atoms with Crippen molar-refractivity contribution in [3.8, 4) is 5.75 Å². The Bertz CT molecular complexity index is 1120. The third-order valence-corrected chi connectivity index (χ3v) is 5.71. The predicted octanol–water partition coefficient (Wildman–Crippen LogP) is 3.59. The van der Waals surface area contributed by atoms with Crippen molar-refractivity contribution in [1.29, 1.82) is 0 Å². The molecule has 31 heavy (non-hydrogen) atoms. The second kappa shape index (κ2) is 8.07. The number of rotatable bonds is 5. The summed E-state index contributed by atoms with van der Waals surface area (Å²) in [7, 11) is 1.58. The number of ether oxygens (including phenoxy) is 1. The summed E-state index contributed by atoms with van der Waals surface area (Å²) in [6, 6.07) is 16.1. The van der Waals surface area contributed by atoms with Crippen LogP contribution in [0.25, 0.3) is 0 Å². The molecule has 0 aliphatic carbocycles. The molecule has 0 radical (unpaired) electrons. The van der Waals surface area contributed by atoms with E-state index in [1.165, 1.54) is 0 Å². The minimum atomic E-state index is -1.18. The minimum Gasteiger partial charge on any atom is -0.497 e. The van der Waals surface area contributed by atoms with Gasteiger partial charge in [-0.3, -0.25) is 19.2 Å². The molecule has 0 unspecified atom stereocenters. The molecule has 3 aromatic rings. The predicted molar refractivity (Wildman–Crippen MR) is 118 cm³/mol. The second-order valence-electron chi connectivity index (χ2n) is 7.75. The molecule has 2 aromatic carbocycles. The highest BCUT2D eigenvalue weighted by Gasteiger charge is 2.48. The van der Waals surface area contributed by atoms with Gasteiger partial charge in [-0.05, 0) is 61.9 Å². The van der Waals surface area contributed by atoms with Crippen LogP contribution in [0.4, 0.5) is 5.69 Å². The van der Waals surface area contributed by atoms with Gasteiger partial charge in [-0.15, -0.1) is 0 Å². The number of aromatic nitrogens is 2. The first-order valence-corrected chi connectivity index (χ1v) is 10.3. The zero-order valence-electron chi connectivity index (χ0n) is 17.6. The van der Waals surface area contributed by atoms with Crippen LogP contribution in [-0.4, -0.2) is 34.2 Å². The van der Waals surface area contributed by atoms with Crippen molar-refractivity contribution < 1.29 is 14.3 Å². The van der Waals surface area contributed by atoms with Crippen molar-refractivity contribution in [3.05, 3.63) is 76.6 Å². The van der Waals surface area contributed by atoms with Crippen LogP contribution in [0.2, 0.25) is 5.02 Å². The molecule has 8 heteroatoms. The van der Waals surface area contributed by atoms with Crippen molar-refractivity contribution in [2.75, 3.05) is 12.0 Å². The van der Waals surface area contributed by atoms with Crippen LogP contribution in [-0.2, 0) is 17.9 Å². The summed E-state index contributed by atoms with van der Waals surface area (Å²) < 4.78 is 6.84. The number of amides is 2. The number of aryl methyl sites for hydroxylation is 1. The van der Waals surface area contributed by atoms with Gasteiger partial charge in [0.2, 0.25) is 5.91 Å². The number of carbonyl (C=O) groups is 2. The quantitative estimate of drug-likeness (QED) is 0.660. The van der Waals surface area contributed by atoms with Crippen LogP contribution < -0.4 is 15.0 Å². The van der Waals surface area contributed by atoms with Gasteiger partial charge >= 0.3 is 0 Å². The first-order chi connectivity index (χ1) is 14.8. The number of nitrogens with one attached hydrogen (secondary N) is 1. The van der Waals surface area contributed by atoms with E-state index < -0.39 is 5.54 Å². The van der Waals surface area contributed by atoms with E-state index in [-0.39, 0.29) is 18.4 Å². The summed E-state index contributed by atoms with van der Waals surface area (Å²) in [6.07, 6.45) is 0. The van der Waals surface area contributed by atoms with Crippen LogP contribution in [0.15, 0.2) is 54.6 Å². The molecular formula is C23H23ClN4O3. The largest absolute Gasteiger partial charge is 0.497 e. The van der Waals surface area contributed by atoms with E-state index in [1.54, 1.807) is 66.1 Å². The van der Waals surface area contributed by atoms with Gasteiger partial charge < -0.3 is 10.1 Å². The van der Waals surface area contributed by atoms with Crippen LogP contribution in [0.1, 0.15) is 28.7 Å². The molecular weight excluding hydrogens is 416 g/mol. The molecule has 7 nitrogen and oxygen atoms in total. The Balaban J connectivity index is 1.69. The fourth-order valence-electron chi connectivity index (χ4n) is 3.82. The normalized spacial score (nSPS) is 17.9. The molecule has 1 aliphatic heterocycles. The summed E-state index contributed by atoms with van der Waals surface area (Å²) in [4.78, 5) is 28.4. The van der Waals surface area contributed by atoms with E-state index in [4.69, 9.17) is 16.3 Å². The molecule has 1 atom stereocenters. The number of hydrogen-bond donors (Lipinski definition) is 1. The Hall–Kier alpha value is -3.32. The Morgan fingerprint density at radius 2 is 1.87 bits per heavy atom. The molecule has 1 aromatic heterocycles. The highest BCUT2D eigenvalue weighted by Crippen LogP contribution is 2.33. The number of anilines is 1. The Morgan fingerprint density at radius 1 is 1.19 bits per heavy atom. The topological polar surface area (TPSA) is 76.5 Å². The third-order valence-electron chi connectivity index (χ3n) is 5.46. The lowest BCUT2D eigenvalue weighted by molar-refractivity contribution is -0.126. The Labute approximate surface area is 185 Å². The lowest BCUT2D eigenvalue weighted by Gasteiger charge is -2.43. The molecule has 0 fully saturated rings. The van der Waals surface area contributed by atoms with E-state index in [0.29, 0.717) is 28.7 Å². The molecule has 0 saturated carbocycles. The van der Waals surface area contributed by atoms with Crippen molar-refractivity contribution >= 4 is 29.1 Å². The molecule has 160 valence electrons. The molecule has 2 amide bonds. The summed E-state index contributed by atoms with van der Waals surface area (Å²) in [6.45, 7) is 4.14. The third kappa shape index (κ3) is 3.88. The summed E-state index contributed by atoms with van der Waals surface area (Å²) in [5, 5.41) is 8.02. The monoisotopic (exact) mass is 438 g/mol. The lowest BCUT2D eigenvalue weighted by atomic mass is 9.94. The molecule has 0 bridgehead atoms. The maximum Gasteiger partial charge on any atom is 0.277 e. The van der Waals surface area contributed by atoms with Crippen LogP contribution in [0.3, 0.4) is 0 Å². The van der Waals surface area contributed by atoms with Crippen LogP contribution >= 0.6 is 11.6 Å². The van der Waals surface area contributed by atoms with E-state index >= 15 is 0 Å². The lowest BCUT2D eigenvalue weighted by Crippen LogP contribution is -2.64. The van der Waals surface area contributed by atoms with E-state index in [1.807, 2.05) is 19.1 Å². The van der Waals surface area contributed by atoms with Gasteiger partial charge in [0.15, 0.2) is 0 Å². The molecule has 2 heterocycles. The van der Waals surface area contributed by atoms with Crippen molar-refractivity contribution in [3.63, 3.8) is 0 Å². The van der Waals surface area contributed by atoms with Gasteiger partial charge in [0, 0.05) is 17.3 Å². The average molecular weight is 439 g/mol. The van der Waals surface area contributed by atoms with Crippen LogP contribution in [0, 0.1) is 6.92 Å². The SMILES string of the molecule is COc1ccc(N2C(=O)c3cc(C)nn3C[C@@]2(C)C(=O)NCc2ccc(Cl)cc2)cc1. The number of halogens is 1. The van der Waals surface area contributed by atoms with Crippen molar-refractivity contribution in [2.24, 2.45) is 0 Å². The van der Waals surface area contributed by atoms with Crippen molar-refractivity contribution in [1.82, 2.24) is 15.1 Å². The highest BCUT2D eigenvalue weighted by atomic mass is 35.5. The smallest absolute Gasteiger partial charge is 0.277 e. The van der Waals surface area contributed by atoms with Gasteiger partial charge in [-0.2, -0.15) is 5.10 Å². The molecule has 1 N–H and O–H groups in total. The van der Waals surface area contributed by atoms with E-state index in [2.05, 4.69) is 10.4 Å². The standard InChI is InChI=1S/C23H23ClN4O3/c1-15-12-20-21(29)28(18-8-10-19(31-3)11-9-18)23(2,14-27(20)26-15)22(30)25-13-16-4-6-17(24)7-5-16/h4-12H,13-14H2,1-3H3,(H,25,30)/t23-/m0/s1. The number of fused-ring (bicyclic) bond motifs is 1. The zero-order chi connectivity index (χ0) is 22.2. The second-order valence-corrected chi connectivity index (χ2v) is 8.19. The van der Waals surface area contributed by atoms with Crippen molar-refractivity contribution in [2.45, 2.75) is 32.5 Å². The minimum absolute atomic E-state index is 0.237. The van der Waals surface area contributed by atoms with Gasteiger partial charge in [-0.1, -0.05) is 23.7 Å². The van der Waals surface area contributed by atoms with E-state index in [9.17, 15) is 9.59 Å². The average Bonchev–Trinajstić information content (AvgIpc) is 3.13. The molecule has 4 rings (SSSR count).